The number of nitrogens with one attached hydrogen (secondary N) is 1. The van der Waals surface area contributed by atoms with E-state index in [1.165, 1.54) is 11.3 Å². The molecule has 1 aromatic heterocycles. The largest absolute Gasteiger partial charge is 0.272 e. The zero-order valence-corrected chi connectivity index (χ0v) is 10.4. The maximum Gasteiger partial charge on any atom is 0.249 e. The molecule has 1 aromatic rings. The van der Waals surface area contributed by atoms with Crippen LogP contribution in [-0.4, -0.2) is 11.6 Å². The SMILES string of the molecule is CC1=NNC(=O)[C@H]1[C@H](c1cccs1)C(C#N)C#N. The van der Waals surface area contributed by atoms with Gasteiger partial charge < -0.3 is 0 Å². The van der Waals surface area contributed by atoms with Crippen LogP contribution in [0.25, 0.3) is 0 Å². The number of nitrogens with zero attached hydrogens (tertiary/aromatic N) is 3. The maximum atomic E-state index is 11.8. The van der Waals surface area contributed by atoms with Crippen molar-refractivity contribution in [2.45, 2.75) is 12.8 Å². The smallest absolute Gasteiger partial charge is 0.249 e. The Kier molecular flexibility index (Phi) is 3.40. The summed E-state index contributed by atoms with van der Waals surface area (Å²) < 4.78 is 0. The third-order valence-electron chi connectivity index (χ3n) is 2.94. The predicted octanol–water partition coefficient (Wildman–Crippen LogP) is 1.62. The zero-order valence-electron chi connectivity index (χ0n) is 9.62. The van der Waals surface area contributed by atoms with Crippen LogP contribution in [0, 0.1) is 34.5 Å². The highest BCUT2D eigenvalue weighted by atomic mass is 32.1. The molecule has 1 aliphatic heterocycles. The van der Waals surface area contributed by atoms with Gasteiger partial charge in [-0.1, -0.05) is 6.07 Å². The Balaban J connectivity index is 2.44. The highest BCUT2D eigenvalue weighted by Crippen LogP contribution is 2.37. The van der Waals surface area contributed by atoms with Gasteiger partial charge in [-0.2, -0.15) is 15.6 Å². The molecule has 18 heavy (non-hydrogen) atoms. The summed E-state index contributed by atoms with van der Waals surface area (Å²) in [6, 6.07) is 7.63. The Bertz CT molecular complexity index is 550. The Morgan fingerprint density at radius 1 is 1.50 bits per heavy atom. The van der Waals surface area contributed by atoms with Crippen LogP contribution in [-0.2, 0) is 4.79 Å². The predicted molar refractivity (Wildman–Crippen MR) is 66.5 cm³/mol. The van der Waals surface area contributed by atoms with Gasteiger partial charge >= 0.3 is 0 Å². The average Bonchev–Trinajstić information content (AvgIpc) is 2.99. The van der Waals surface area contributed by atoms with Crippen LogP contribution in [0.4, 0.5) is 0 Å². The first-order chi connectivity index (χ1) is 8.69. The Morgan fingerprint density at radius 3 is 2.67 bits per heavy atom. The minimum Gasteiger partial charge on any atom is -0.272 e. The topological polar surface area (TPSA) is 89.0 Å². The molecule has 2 heterocycles. The highest BCUT2D eigenvalue weighted by Gasteiger charge is 2.41. The van der Waals surface area contributed by atoms with Gasteiger partial charge in [0.1, 0.15) is 5.92 Å². The summed E-state index contributed by atoms with van der Waals surface area (Å²) in [5.41, 5.74) is 3.02. The number of hydrogen-bond donors (Lipinski definition) is 1. The first kappa shape index (κ1) is 12.3. The van der Waals surface area contributed by atoms with Gasteiger partial charge in [-0.25, -0.2) is 5.43 Å². The number of nitriles is 2. The molecule has 0 unspecified atom stereocenters. The van der Waals surface area contributed by atoms with E-state index in [2.05, 4.69) is 10.5 Å². The molecule has 2 rings (SSSR count). The van der Waals surface area contributed by atoms with Gasteiger partial charge in [0.25, 0.3) is 0 Å². The summed E-state index contributed by atoms with van der Waals surface area (Å²) in [5.74, 6) is -2.09. The third-order valence-corrected chi connectivity index (χ3v) is 3.92. The lowest BCUT2D eigenvalue weighted by atomic mass is 9.79. The second kappa shape index (κ2) is 4.99. The summed E-state index contributed by atoms with van der Waals surface area (Å²) in [7, 11) is 0. The number of hydrazone groups is 1. The van der Waals surface area contributed by atoms with Crippen molar-refractivity contribution >= 4 is 23.0 Å². The number of carbonyl (C=O) groups is 1. The number of hydrogen-bond acceptors (Lipinski definition) is 5. The van der Waals surface area contributed by atoms with Gasteiger partial charge in [-0.15, -0.1) is 11.3 Å². The fourth-order valence-electron chi connectivity index (χ4n) is 2.09. The maximum absolute atomic E-state index is 11.8. The fraction of sp³-hybridized carbons (Fsp3) is 0.333. The van der Waals surface area contributed by atoms with E-state index < -0.39 is 17.8 Å². The van der Waals surface area contributed by atoms with Gasteiger partial charge in [-0.05, 0) is 18.4 Å². The molecule has 0 spiro atoms. The van der Waals surface area contributed by atoms with Gasteiger partial charge in [0.05, 0.1) is 18.1 Å². The fourth-order valence-corrected chi connectivity index (χ4v) is 2.99. The normalized spacial score (nSPS) is 19.9. The summed E-state index contributed by atoms with van der Waals surface area (Å²) in [4.78, 5) is 12.7. The molecule has 0 bridgehead atoms. The van der Waals surface area contributed by atoms with Crippen molar-refractivity contribution in [2.24, 2.45) is 16.9 Å². The van der Waals surface area contributed by atoms with Crippen molar-refractivity contribution in [1.82, 2.24) is 5.43 Å². The van der Waals surface area contributed by atoms with Crippen molar-refractivity contribution in [2.75, 3.05) is 0 Å². The molecular weight excluding hydrogens is 248 g/mol. The molecule has 0 radical (unpaired) electrons. The number of amides is 1. The lowest BCUT2D eigenvalue weighted by Crippen LogP contribution is -2.31. The van der Waals surface area contributed by atoms with Crippen LogP contribution in [0.5, 0.6) is 0 Å². The molecule has 5 nitrogen and oxygen atoms in total. The van der Waals surface area contributed by atoms with E-state index in [4.69, 9.17) is 10.5 Å². The van der Waals surface area contributed by atoms with E-state index in [1.54, 1.807) is 6.92 Å². The lowest BCUT2D eigenvalue weighted by molar-refractivity contribution is -0.122. The van der Waals surface area contributed by atoms with Crippen LogP contribution in [0.2, 0.25) is 0 Å². The average molecular weight is 258 g/mol. The molecule has 0 fully saturated rings. The monoisotopic (exact) mass is 258 g/mol. The minimum absolute atomic E-state index is 0.249. The number of rotatable bonds is 3. The Labute approximate surface area is 108 Å². The standard InChI is InChI=1S/C12H10N4OS/c1-7-10(12(17)16-15-7)11(8(5-13)6-14)9-3-2-4-18-9/h2-4,8,10-11H,1H3,(H,16,17)/t10-,11+/m1/s1. The Morgan fingerprint density at radius 2 is 2.22 bits per heavy atom. The molecule has 90 valence electrons. The number of carbonyl (C=O) groups excluding carboxylic acids is 1. The van der Waals surface area contributed by atoms with Crippen LogP contribution in [0.15, 0.2) is 22.6 Å². The van der Waals surface area contributed by atoms with E-state index in [9.17, 15) is 4.79 Å². The molecule has 0 saturated heterocycles. The van der Waals surface area contributed by atoms with Crippen molar-refractivity contribution in [3.63, 3.8) is 0 Å². The molecule has 2 atom stereocenters. The van der Waals surface area contributed by atoms with Crippen LogP contribution in [0.3, 0.4) is 0 Å². The van der Waals surface area contributed by atoms with Gasteiger partial charge in [0.2, 0.25) is 5.91 Å². The second-order valence-corrected chi connectivity index (χ2v) is 4.96. The first-order valence-electron chi connectivity index (χ1n) is 5.35. The zero-order chi connectivity index (χ0) is 13.1. The molecule has 0 saturated carbocycles. The van der Waals surface area contributed by atoms with Crippen molar-refractivity contribution in [1.29, 1.82) is 10.5 Å². The van der Waals surface area contributed by atoms with Gasteiger partial charge in [-0.3, -0.25) is 4.79 Å². The molecule has 6 heteroatoms. The summed E-state index contributed by atoms with van der Waals surface area (Å²) in [6.07, 6.45) is 0. The summed E-state index contributed by atoms with van der Waals surface area (Å²) in [6.45, 7) is 1.73. The molecular formula is C12H10N4OS. The highest BCUT2D eigenvalue weighted by molar-refractivity contribution is 7.10. The molecule has 1 amide bonds. The van der Waals surface area contributed by atoms with Gasteiger partial charge in [0.15, 0.2) is 0 Å². The molecule has 1 aliphatic rings. The minimum atomic E-state index is -0.859. The Hall–Kier alpha value is -2.18. The molecule has 0 aliphatic carbocycles. The van der Waals surface area contributed by atoms with E-state index in [-0.39, 0.29) is 5.91 Å². The van der Waals surface area contributed by atoms with E-state index in [0.29, 0.717) is 5.71 Å². The third kappa shape index (κ3) is 1.99. The molecule has 0 aromatic carbocycles. The molecule has 1 N–H and O–H groups in total. The van der Waals surface area contributed by atoms with Crippen LogP contribution >= 0.6 is 11.3 Å². The quantitative estimate of drug-likeness (QED) is 0.893. The van der Waals surface area contributed by atoms with E-state index in [0.717, 1.165) is 4.88 Å². The first-order valence-corrected chi connectivity index (χ1v) is 6.23. The second-order valence-electron chi connectivity index (χ2n) is 3.98. The van der Waals surface area contributed by atoms with Crippen LogP contribution in [0.1, 0.15) is 17.7 Å². The van der Waals surface area contributed by atoms with E-state index in [1.807, 2.05) is 29.7 Å². The van der Waals surface area contributed by atoms with Crippen LogP contribution < -0.4 is 5.43 Å². The summed E-state index contributed by atoms with van der Waals surface area (Å²) >= 11 is 1.44. The van der Waals surface area contributed by atoms with E-state index >= 15 is 0 Å². The number of thiophene rings is 1. The lowest BCUT2D eigenvalue weighted by Gasteiger charge is -2.21. The summed E-state index contributed by atoms with van der Waals surface area (Å²) in [5, 5.41) is 23.9. The van der Waals surface area contributed by atoms with Crippen molar-refractivity contribution < 1.29 is 4.79 Å². The van der Waals surface area contributed by atoms with Crippen molar-refractivity contribution in [3.8, 4) is 12.1 Å². The van der Waals surface area contributed by atoms with Crippen molar-refractivity contribution in [3.05, 3.63) is 22.4 Å². The van der Waals surface area contributed by atoms with Gasteiger partial charge in [0, 0.05) is 16.5 Å².